The Bertz CT molecular complexity index is 1260. The average molecular weight is 523 g/mol. The molecule has 2 aromatic carbocycles. The van der Waals surface area contributed by atoms with Gasteiger partial charge in [0, 0.05) is 27.4 Å². The van der Waals surface area contributed by atoms with E-state index in [1.807, 2.05) is 44.2 Å². The predicted octanol–water partition coefficient (Wildman–Crippen LogP) is 8.72. The summed E-state index contributed by atoms with van der Waals surface area (Å²) >= 11 is 7.95. The van der Waals surface area contributed by atoms with E-state index in [9.17, 15) is 4.79 Å². The van der Waals surface area contributed by atoms with Gasteiger partial charge in [-0.15, -0.1) is 11.3 Å². The highest BCUT2D eigenvalue weighted by atomic mass is 35.5. The number of rotatable bonds is 7. The van der Waals surface area contributed by atoms with Gasteiger partial charge in [-0.2, -0.15) is 0 Å². The van der Waals surface area contributed by atoms with Crippen LogP contribution in [0.4, 0.5) is 10.7 Å². The van der Waals surface area contributed by atoms with Crippen molar-refractivity contribution in [3.8, 4) is 5.75 Å². The number of fused-ring (bicyclic) bond motifs is 1. The Balaban J connectivity index is 1.72. The first-order chi connectivity index (χ1) is 17.3. The molecule has 0 aliphatic heterocycles. The second-order valence-electron chi connectivity index (χ2n) is 10.0. The first kappa shape index (κ1) is 26.4. The molecule has 0 saturated carbocycles. The largest absolute Gasteiger partial charge is 0.493 e. The molecule has 0 atom stereocenters. The Kier molecular flexibility index (Phi) is 8.86. The molecule has 1 aromatic heterocycles. The summed E-state index contributed by atoms with van der Waals surface area (Å²) < 4.78 is 6.01. The molecule has 1 N–H and O–H groups in total. The van der Waals surface area contributed by atoms with Gasteiger partial charge in [0.15, 0.2) is 0 Å². The number of amides is 1. The lowest BCUT2D eigenvalue weighted by molar-refractivity contribution is 0.102. The lowest BCUT2D eigenvalue weighted by Crippen LogP contribution is -2.15. The summed E-state index contributed by atoms with van der Waals surface area (Å²) in [4.78, 5) is 19.9. The normalized spacial score (nSPS) is 13.9. The van der Waals surface area contributed by atoms with E-state index in [0.717, 1.165) is 64.4 Å². The van der Waals surface area contributed by atoms with E-state index in [2.05, 4.69) is 25.2 Å². The maximum atomic E-state index is 13.7. The molecule has 3 aromatic rings. The van der Waals surface area contributed by atoms with Crippen LogP contribution in [0.2, 0.25) is 5.02 Å². The zero-order chi connectivity index (χ0) is 25.7. The van der Waals surface area contributed by atoms with Crippen LogP contribution in [0, 0.1) is 19.8 Å². The molecule has 0 unspecified atom stereocenters. The third-order valence-corrected chi connectivity index (χ3v) is 7.82. The van der Waals surface area contributed by atoms with E-state index >= 15 is 0 Å². The molecule has 0 spiro atoms. The van der Waals surface area contributed by atoms with E-state index in [0.29, 0.717) is 23.1 Å². The molecule has 1 aliphatic carbocycles. The maximum absolute atomic E-state index is 13.7. The van der Waals surface area contributed by atoms with Crippen molar-refractivity contribution in [2.75, 3.05) is 11.9 Å². The zero-order valence-corrected chi connectivity index (χ0v) is 23.2. The van der Waals surface area contributed by atoms with E-state index < -0.39 is 0 Å². The number of anilines is 1. The Morgan fingerprint density at radius 3 is 2.67 bits per heavy atom. The highest BCUT2D eigenvalue weighted by Gasteiger charge is 2.24. The molecule has 1 aliphatic rings. The lowest BCUT2D eigenvalue weighted by atomic mass is 9.96. The topological polar surface area (TPSA) is 50.7 Å². The molecule has 0 bridgehead atoms. The van der Waals surface area contributed by atoms with Gasteiger partial charge in [0.25, 0.3) is 5.91 Å². The van der Waals surface area contributed by atoms with E-state index in [1.165, 1.54) is 17.7 Å². The summed E-state index contributed by atoms with van der Waals surface area (Å²) in [6.07, 6.45) is 8.38. The van der Waals surface area contributed by atoms with Crippen molar-refractivity contribution in [1.82, 2.24) is 0 Å². The number of hydrogen-bond donors (Lipinski definition) is 1. The van der Waals surface area contributed by atoms with Gasteiger partial charge in [-0.1, -0.05) is 50.4 Å². The van der Waals surface area contributed by atoms with E-state index in [-0.39, 0.29) is 5.91 Å². The number of nitrogens with zero attached hydrogens (tertiary/aromatic N) is 1. The summed E-state index contributed by atoms with van der Waals surface area (Å²) in [7, 11) is 0. The SMILES string of the molecule is Cc1ccc(C)c(NC(=O)c2c(N=Cc3cc(Cl)ccc3OCC(C)C)sc3c2CCCCCC3)c1. The van der Waals surface area contributed by atoms with E-state index in [1.54, 1.807) is 17.6 Å². The highest BCUT2D eigenvalue weighted by molar-refractivity contribution is 7.16. The molecule has 0 fully saturated rings. The Morgan fingerprint density at radius 1 is 1.11 bits per heavy atom. The van der Waals surface area contributed by atoms with Gasteiger partial charge in [0.05, 0.1) is 12.2 Å². The number of nitrogens with one attached hydrogen (secondary N) is 1. The van der Waals surface area contributed by atoms with Crippen LogP contribution in [0.1, 0.15) is 77.0 Å². The third-order valence-electron chi connectivity index (χ3n) is 6.39. The molecular formula is C30H35ClN2O2S. The number of ether oxygens (including phenoxy) is 1. The third kappa shape index (κ3) is 6.57. The van der Waals surface area contributed by atoms with Crippen molar-refractivity contribution >= 4 is 45.7 Å². The molecule has 0 saturated heterocycles. The number of carbonyl (C=O) groups is 1. The molecule has 6 heteroatoms. The number of thiophene rings is 1. The van der Waals surface area contributed by atoms with Crippen LogP contribution >= 0.6 is 22.9 Å². The minimum atomic E-state index is -0.0868. The van der Waals surface area contributed by atoms with Gasteiger partial charge in [0.1, 0.15) is 10.8 Å². The molecule has 4 nitrogen and oxygen atoms in total. The first-order valence-electron chi connectivity index (χ1n) is 12.8. The summed E-state index contributed by atoms with van der Waals surface area (Å²) in [5.41, 5.74) is 5.69. The maximum Gasteiger partial charge on any atom is 0.259 e. The molecule has 190 valence electrons. The fourth-order valence-electron chi connectivity index (χ4n) is 4.42. The molecule has 1 heterocycles. The van der Waals surface area contributed by atoms with Gasteiger partial charge in [-0.25, -0.2) is 4.99 Å². The second-order valence-corrected chi connectivity index (χ2v) is 11.5. The predicted molar refractivity (Wildman–Crippen MR) is 153 cm³/mol. The van der Waals surface area contributed by atoms with Crippen molar-refractivity contribution in [1.29, 1.82) is 0 Å². The Morgan fingerprint density at radius 2 is 1.89 bits per heavy atom. The number of benzene rings is 2. The van der Waals surface area contributed by atoms with Crippen molar-refractivity contribution in [2.45, 2.75) is 66.2 Å². The van der Waals surface area contributed by atoms with Gasteiger partial charge >= 0.3 is 0 Å². The quantitative estimate of drug-likeness (QED) is 0.315. The number of hydrogen-bond acceptors (Lipinski definition) is 4. The Labute approximate surface area is 223 Å². The molecule has 1 amide bonds. The zero-order valence-electron chi connectivity index (χ0n) is 21.6. The second kappa shape index (κ2) is 12.1. The average Bonchev–Trinajstić information content (AvgIpc) is 3.15. The van der Waals surface area contributed by atoms with Crippen LogP contribution in [0.5, 0.6) is 5.75 Å². The van der Waals surface area contributed by atoms with Gasteiger partial charge in [-0.05, 0) is 86.4 Å². The van der Waals surface area contributed by atoms with Crippen molar-refractivity contribution in [2.24, 2.45) is 10.9 Å². The summed E-state index contributed by atoms with van der Waals surface area (Å²) in [5.74, 6) is 1.06. The van der Waals surface area contributed by atoms with Crippen LogP contribution in [-0.4, -0.2) is 18.7 Å². The van der Waals surface area contributed by atoms with Crippen LogP contribution in [0.25, 0.3) is 0 Å². The first-order valence-corrected chi connectivity index (χ1v) is 14.0. The Hall–Kier alpha value is -2.63. The monoisotopic (exact) mass is 522 g/mol. The fraction of sp³-hybridized carbons (Fsp3) is 0.400. The van der Waals surface area contributed by atoms with Gasteiger partial charge in [-0.3, -0.25) is 4.79 Å². The minimum Gasteiger partial charge on any atom is -0.493 e. The standard InChI is InChI=1S/C30H35ClN2O2S/c1-19(2)18-35-26-14-13-23(31)16-22(26)17-32-30-28(24-9-7-5-6-8-10-27(24)36-30)29(34)33-25-15-20(3)11-12-21(25)4/h11-17,19H,5-10,18H2,1-4H3,(H,33,34). The molecule has 4 rings (SSSR count). The van der Waals surface area contributed by atoms with Crippen LogP contribution < -0.4 is 10.1 Å². The fourth-order valence-corrected chi connectivity index (χ4v) is 5.83. The smallest absolute Gasteiger partial charge is 0.259 e. The van der Waals surface area contributed by atoms with Crippen LogP contribution in [0.3, 0.4) is 0 Å². The number of carbonyl (C=O) groups excluding carboxylic acids is 1. The van der Waals surface area contributed by atoms with Crippen molar-refractivity contribution in [3.05, 3.63) is 74.1 Å². The van der Waals surface area contributed by atoms with Gasteiger partial charge in [0.2, 0.25) is 0 Å². The lowest BCUT2D eigenvalue weighted by Gasteiger charge is -2.13. The minimum absolute atomic E-state index is 0.0868. The van der Waals surface area contributed by atoms with E-state index in [4.69, 9.17) is 21.3 Å². The summed E-state index contributed by atoms with van der Waals surface area (Å²) in [6, 6.07) is 11.7. The number of aliphatic imine (C=N–C) groups is 1. The number of halogens is 1. The van der Waals surface area contributed by atoms with Crippen molar-refractivity contribution < 1.29 is 9.53 Å². The van der Waals surface area contributed by atoms with Crippen LogP contribution in [0.15, 0.2) is 41.4 Å². The highest BCUT2D eigenvalue weighted by Crippen LogP contribution is 2.39. The molecule has 36 heavy (non-hydrogen) atoms. The molecule has 0 radical (unpaired) electrons. The summed E-state index contributed by atoms with van der Waals surface area (Å²) in [5, 5.41) is 4.55. The van der Waals surface area contributed by atoms with Gasteiger partial charge < -0.3 is 10.1 Å². The molecular weight excluding hydrogens is 488 g/mol. The number of aryl methyl sites for hydroxylation is 3. The van der Waals surface area contributed by atoms with Crippen LogP contribution in [-0.2, 0) is 12.8 Å². The van der Waals surface area contributed by atoms with Crippen molar-refractivity contribution in [3.63, 3.8) is 0 Å². The summed E-state index contributed by atoms with van der Waals surface area (Å²) in [6.45, 7) is 8.90.